The molecule has 14 heavy (non-hydrogen) atoms. The molecule has 0 atom stereocenters. The lowest BCUT2D eigenvalue weighted by molar-refractivity contribution is 1.12. The summed E-state index contributed by atoms with van der Waals surface area (Å²) in [5.41, 5.74) is 7.11. The van der Waals surface area contributed by atoms with Gasteiger partial charge in [0.15, 0.2) is 5.11 Å². The Morgan fingerprint density at radius 2 is 2.36 bits per heavy atom. The first-order chi connectivity index (χ1) is 6.68. The first kappa shape index (κ1) is 9.42. The molecule has 0 aliphatic carbocycles. The van der Waals surface area contributed by atoms with E-state index in [1.807, 2.05) is 12.1 Å². The van der Waals surface area contributed by atoms with Crippen LogP contribution >= 0.6 is 28.1 Å². The number of aromatic amines is 1. The summed E-state index contributed by atoms with van der Waals surface area (Å²) in [5.74, 6) is 0. The van der Waals surface area contributed by atoms with Crippen molar-refractivity contribution in [3.05, 3.63) is 22.8 Å². The fourth-order valence-electron chi connectivity index (χ4n) is 1.24. The van der Waals surface area contributed by atoms with E-state index in [1.165, 1.54) is 0 Å². The van der Waals surface area contributed by atoms with Crippen molar-refractivity contribution in [1.29, 1.82) is 0 Å². The molecule has 2 rings (SSSR count). The SMILES string of the molecule is NC(=S)Nc1ccc(Br)c2cn[nH]c12. The number of nitrogens with one attached hydrogen (secondary N) is 2. The van der Waals surface area contributed by atoms with Gasteiger partial charge in [0.25, 0.3) is 0 Å². The van der Waals surface area contributed by atoms with Crippen molar-refractivity contribution in [2.24, 2.45) is 5.73 Å². The van der Waals surface area contributed by atoms with E-state index in [0.29, 0.717) is 0 Å². The van der Waals surface area contributed by atoms with E-state index in [1.54, 1.807) is 6.20 Å². The summed E-state index contributed by atoms with van der Waals surface area (Å²) < 4.78 is 0.981. The molecule has 6 heteroatoms. The summed E-state index contributed by atoms with van der Waals surface area (Å²) in [6.45, 7) is 0. The highest BCUT2D eigenvalue weighted by molar-refractivity contribution is 9.10. The maximum atomic E-state index is 5.40. The largest absolute Gasteiger partial charge is 0.376 e. The third kappa shape index (κ3) is 1.58. The van der Waals surface area contributed by atoms with Crippen molar-refractivity contribution in [2.45, 2.75) is 0 Å². The van der Waals surface area contributed by atoms with E-state index in [-0.39, 0.29) is 5.11 Å². The molecule has 4 N–H and O–H groups in total. The number of thiocarbonyl (C=S) groups is 1. The maximum absolute atomic E-state index is 5.40. The molecule has 0 spiro atoms. The molecular formula is C8H7BrN4S. The van der Waals surface area contributed by atoms with Gasteiger partial charge in [-0.2, -0.15) is 5.10 Å². The van der Waals surface area contributed by atoms with Gasteiger partial charge in [0, 0.05) is 9.86 Å². The van der Waals surface area contributed by atoms with Crippen LogP contribution in [-0.4, -0.2) is 15.3 Å². The number of benzene rings is 1. The van der Waals surface area contributed by atoms with Crippen molar-refractivity contribution in [2.75, 3.05) is 5.32 Å². The molecule has 0 aliphatic rings. The smallest absolute Gasteiger partial charge is 0.168 e. The maximum Gasteiger partial charge on any atom is 0.168 e. The molecule has 0 saturated carbocycles. The van der Waals surface area contributed by atoms with Gasteiger partial charge in [-0.25, -0.2) is 0 Å². The van der Waals surface area contributed by atoms with Gasteiger partial charge < -0.3 is 11.1 Å². The Labute approximate surface area is 94.0 Å². The molecule has 0 fully saturated rings. The number of halogens is 1. The zero-order valence-corrected chi connectivity index (χ0v) is 9.45. The van der Waals surface area contributed by atoms with Crippen LogP contribution < -0.4 is 11.1 Å². The van der Waals surface area contributed by atoms with Crippen LogP contribution in [0.3, 0.4) is 0 Å². The molecule has 0 radical (unpaired) electrons. The average Bonchev–Trinajstić information content (AvgIpc) is 2.58. The monoisotopic (exact) mass is 270 g/mol. The van der Waals surface area contributed by atoms with Gasteiger partial charge in [0.1, 0.15) is 0 Å². The second-order valence-corrected chi connectivity index (χ2v) is 4.04. The standard InChI is InChI=1S/C8H7BrN4S/c9-5-1-2-6(12-8(10)14)7-4(5)3-11-13-7/h1-3H,(H,11,13)(H3,10,12,14). The quantitative estimate of drug-likeness (QED) is 0.694. The number of anilines is 1. The number of rotatable bonds is 1. The van der Waals surface area contributed by atoms with Crippen LogP contribution in [0.4, 0.5) is 5.69 Å². The van der Waals surface area contributed by atoms with Crippen LogP contribution in [0.25, 0.3) is 10.9 Å². The zero-order chi connectivity index (χ0) is 10.1. The number of nitrogens with zero attached hydrogens (tertiary/aromatic N) is 1. The molecule has 72 valence electrons. The summed E-state index contributed by atoms with van der Waals surface area (Å²) in [4.78, 5) is 0. The highest BCUT2D eigenvalue weighted by Gasteiger charge is 2.06. The third-order valence-electron chi connectivity index (χ3n) is 1.82. The number of aromatic nitrogens is 2. The average molecular weight is 271 g/mol. The predicted octanol–water partition coefficient (Wildman–Crippen LogP) is 1.98. The van der Waals surface area contributed by atoms with Crippen molar-refractivity contribution in [3.63, 3.8) is 0 Å². The molecule has 1 aromatic carbocycles. The molecule has 4 nitrogen and oxygen atoms in total. The fourth-order valence-corrected chi connectivity index (χ4v) is 1.78. The van der Waals surface area contributed by atoms with Crippen molar-refractivity contribution < 1.29 is 0 Å². The van der Waals surface area contributed by atoms with Gasteiger partial charge >= 0.3 is 0 Å². The van der Waals surface area contributed by atoms with Crippen LogP contribution in [0.15, 0.2) is 22.8 Å². The number of nitrogens with two attached hydrogens (primary N) is 1. The Morgan fingerprint density at radius 3 is 3.07 bits per heavy atom. The van der Waals surface area contributed by atoms with Gasteiger partial charge in [0.2, 0.25) is 0 Å². The van der Waals surface area contributed by atoms with Crippen LogP contribution in [0.5, 0.6) is 0 Å². The zero-order valence-electron chi connectivity index (χ0n) is 7.04. The van der Waals surface area contributed by atoms with Gasteiger partial charge in [-0.3, -0.25) is 5.10 Å². The Kier molecular flexibility index (Phi) is 2.39. The molecule has 0 unspecified atom stereocenters. The van der Waals surface area contributed by atoms with Gasteiger partial charge in [0.05, 0.1) is 17.4 Å². The fraction of sp³-hybridized carbons (Fsp3) is 0. The molecule has 2 aromatic rings. The van der Waals surface area contributed by atoms with E-state index >= 15 is 0 Å². The van der Waals surface area contributed by atoms with Crippen LogP contribution in [0, 0.1) is 0 Å². The van der Waals surface area contributed by atoms with Crippen molar-refractivity contribution in [3.8, 4) is 0 Å². The van der Waals surface area contributed by atoms with E-state index in [4.69, 9.17) is 18.0 Å². The lowest BCUT2D eigenvalue weighted by Gasteiger charge is -2.05. The molecule has 0 amide bonds. The molecular weight excluding hydrogens is 264 g/mol. The van der Waals surface area contributed by atoms with Crippen molar-refractivity contribution >= 4 is 49.9 Å². The minimum absolute atomic E-state index is 0.239. The normalized spacial score (nSPS) is 10.4. The molecule has 0 bridgehead atoms. The summed E-state index contributed by atoms with van der Waals surface area (Å²) in [6.07, 6.45) is 1.74. The van der Waals surface area contributed by atoms with E-state index in [2.05, 4.69) is 31.4 Å². The van der Waals surface area contributed by atoms with Crippen molar-refractivity contribution in [1.82, 2.24) is 10.2 Å². The van der Waals surface area contributed by atoms with Crippen LogP contribution in [0.2, 0.25) is 0 Å². The number of hydrogen-bond donors (Lipinski definition) is 3. The van der Waals surface area contributed by atoms with Gasteiger partial charge in [-0.05, 0) is 24.4 Å². The van der Waals surface area contributed by atoms with Gasteiger partial charge in [-0.1, -0.05) is 15.9 Å². The molecule has 0 saturated heterocycles. The topological polar surface area (TPSA) is 66.7 Å². The lowest BCUT2D eigenvalue weighted by atomic mass is 10.2. The van der Waals surface area contributed by atoms with Crippen LogP contribution in [0.1, 0.15) is 0 Å². The highest BCUT2D eigenvalue weighted by atomic mass is 79.9. The predicted molar refractivity (Wildman–Crippen MR) is 64.2 cm³/mol. The number of H-pyrrole nitrogens is 1. The Morgan fingerprint density at radius 1 is 1.57 bits per heavy atom. The minimum atomic E-state index is 0.239. The summed E-state index contributed by atoms with van der Waals surface area (Å²) >= 11 is 8.19. The molecule has 1 heterocycles. The van der Waals surface area contributed by atoms with E-state index < -0.39 is 0 Å². The first-order valence-electron chi connectivity index (χ1n) is 3.86. The lowest BCUT2D eigenvalue weighted by Crippen LogP contribution is -2.19. The summed E-state index contributed by atoms with van der Waals surface area (Å²) in [7, 11) is 0. The van der Waals surface area contributed by atoms with Crippen LogP contribution in [-0.2, 0) is 0 Å². The Bertz CT molecular complexity index is 493. The summed E-state index contributed by atoms with van der Waals surface area (Å²) in [6, 6.07) is 3.79. The second kappa shape index (κ2) is 3.55. The Balaban J connectivity index is 2.60. The third-order valence-corrected chi connectivity index (χ3v) is 2.61. The van der Waals surface area contributed by atoms with Gasteiger partial charge in [-0.15, -0.1) is 0 Å². The number of fused-ring (bicyclic) bond motifs is 1. The Hall–Kier alpha value is -1.14. The van der Waals surface area contributed by atoms with E-state index in [9.17, 15) is 0 Å². The van der Waals surface area contributed by atoms with E-state index in [0.717, 1.165) is 21.1 Å². The first-order valence-corrected chi connectivity index (χ1v) is 5.06. The molecule has 1 aromatic heterocycles. The second-order valence-electron chi connectivity index (χ2n) is 2.74. The number of hydrogen-bond acceptors (Lipinski definition) is 2. The summed E-state index contributed by atoms with van der Waals surface area (Å²) in [5, 5.41) is 10.9. The minimum Gasteiger partial charge on any atom is -0.376 e. The highest BCUT2D eigenvalue weighted by Crippen LogP contribution is 2.27. The molecule has 0 aliphatic heterocycles.